The number of nitrogens with zero attached hydrogens (tertiary/aromatic N) is 3. The number of hydrogen-bond acceptors (Lipinski definition) is 4. The summed E-state index contributed by atoms with van der Waals surface area (Å²) in [5.74, 6) is -0.586. The van der Waals surface area contributed by atoms with Crippen molar-refractivity contribution < 1.29 is 23.1 Å². The average Bonchev–Trinajstić information content (AvgIpc) is 2.72. The highest BCUT2D eigenvalue weighted by atomic mass is 19.4. The average molecular weight is 405 g/mol. The van der Waals surface area contributed by atoms with Gasteiger partial charge in [0.15, 0.2) is 0 Å². The molecule has 2 aliphatic rings. The molecule has 5 nitrogen and oxygen atoms in total. The Kier molecular flexibility index (Phi) is 5.31. The first-order valence-corrected chi connectivity index (χ1v) is 9.65. The predicted molar refractivity (Wildman–Crippen MR) is 100 cm³/mol. The number of amides is 1. The van der Waals surface area contributed by atoms with E-state index in [4.69, 9.17) is 0 Å². The molecule has 2 aliphatic heterocycles. The first-order valence-electron chi connectivity index (χ1n) is 9.65. The molecule has 8 heteroatoms. The van der Waals surface area contributed by atoms with Gasteiger partial charge in [0.05, 0.1) is 6.10 Å². The fourth-order valence-electron chi connectivity index (χ4n) is 4.20. The lowest BCUT2D eigenvalue weighted by molar-refractivity contribution is -0.141. The summed E-state index contributed by atoms with van der Waals surface area (Å²) in [7, 11) is 0. The minimum absolute atomic E-state index is 0.0816. The number of aliphatic hydroxyl groups excluding tert-OH is 1. The summed E-state index contributed by atoms with van der Waals surface area (Å²) >= 11 is 0. The molecule has 2 atom stereocenters. The second-order valence-corrected chi connectivity index (χ2v) is 7.57. The number of halogens is 3. The van der Waals surface area contributed by atoms with Gasteiger partial charge in [-0.25, -0.2) is 4.98 Å². The van der Waals surface area contributed by atoms with Crippen LogP contribution in [0.1, 0.15) is 33.7 Å². The molecular formula is C21H22F3N3O2. The molecule has 0 unspecified atom stereocenters. The summed E-state index contributed by atoms with van der Waals surface area (Å²) in [6.45, 7) is 2.04. The molecule has 29 heavy (non-hydrogen) atoms. The van der Waals surface area contributed by atoms with Crippen molar-refractivity contribution in [1.82, 2.24) is 14.8 Å². The van der Waals surface area contributed by atoms with Crippen molar-refractivity contribution in [1.29, 1.82) is 0 Å². The number of carbonyl (C=O) groups excluding carboxylic acids is 1. The van der Waals surface area contributed by atoms with Crippen LogP contribution in [0.5, 0.6) is 0 Å². The van der Waals surface area contributed by atoms with Crippen LogP contribution in [-0.4, -0.2) is 57.6 Å². The summed E-state index contributed by atoms with van der Waals surface area (Å²) < 4.78 is 38.6. The van der Waals surface area contributed by atoms with E-state index < -0.39 is 23.9 Å². The Labute approximate surface area is 166 Å². The number of rotatable bonds is 2. The minimum atomic E-state index is -4.60. The highest BCUT2D eigenvalue weighted by molar-refractivity contribution is 5.92. The Bertz CT molecular complexity index is 903. The third kappa shape index (κ3) is 4.13. The van der Waals surface area contributed by atoms with Crippen molar-refractivity contribution in [2.75, 3.05) is 19.6 Å². The van der Waals surface area contributed by atoms with Crippen LogP contribution in [-0.2, 0) is 19.1 Å². The maximum absolute atomic E-state index is 12.9. The summed E-state index contributed by atoms with van der Waals surface area (Å²) in [5, 5.41) is 10.7. The van der Waals surface area contributed by atoms with Crippen LogP contribution in [0.2, 0.25) is 0 Å². The molecule has 1 aromatic carbocycles. The zero-order chi connectivity index (χ0) is 20.6. The Morgan fingerprint density at radius 3 is 2.55 bits per heavy atom. The molecule has 1 aromatic heterocycles. The van der Waals surface area contributed by atoms with E-state index in [1.54, 1.807) is 0 Å². The molecule has 4 rings (SSSR count). The van der Waals surface area contributed by atoms with Crippen LogP contribution in [0.3, 0.4) is 0 Å². The summed E-state index contributed by atoms with van der Waals surface area (Å²) in [6.07, 6.45) is -3.89. The van der Waals surface area contributed by atoms with E-state index >= 15 is 0 Å². The molecule has 0 radical (unpaired) electrons. The van der Waals surface area contributed by atoms with Gasteiger partial charge >= 0.3 is 6.18 Å². The van der Waals surface area contributed by atoms with Gasteiger partial charge in [-0.15, -0.1) is 0 Å². The molecule has 154 valence electrons. The van der Waals surface area contributed by atoms with E-state index in [1.807, 2.05) is 12.1 Å². The number of hydrogen-bond donors (Lipinski definition) is 1. The number of β-amino-alcohol motifs (C(OH)–C–C–N with tert-alkyl or cyclic N) is 1. The standard InChI is InChI=1S/C21H22F3N3O2/c22-21(23,24)19-7-3-6-16(25-19)20(29)27-11-9-17(18(28)13-27)26-10-8-14-4-1-2-5-15(14)12-26/h1-7,17-18,28H,8-13H2/t17-,18-/m1/s1. The van der Waals surface area contributed by atoms with Gasteiger partial charge in [-0.1, -0.05) is 30.3 Å². The van der Waals surface area contributed by atoms with E-state index in [-0.39, 0.29) is 18.3 Å². The van der Waals surface area contributed by atoms with Crippen LogP contribution < -0.4 is 0 Å². The first-order chi connectivity index (χ1) is 13.8. The molecule has 0 saturated carbocycles. The van der Waals surface area contributed by atoms with Gasteiger partial charge in [0.2, 0.25) is 0 Å². The van der Waals surface area contributed by atoms with Crippen molar-refractivity contribution in [3.05, 3.63) is 65.0 Å². The van der Waals surface area contributed by atoms with Gasteiger partial charge in [-0.05, 0) is 36.1 Å². The van der Waals surface area contributed by atoms with Crippen molar-refractivity contribution >= 4 is 5.91 Å². The maximum Gasteiger partial charge on any atom is 0.433 e. The smallest absolute Gasteiger partial charge is 0.390 e. The van der Waals surface area contributed by atoms with E-state index in [9.17, 15) is 23.1 Å². The molecule has 0 aliphatic carbocycles. The highest BCUT2D eigenvalue weighted by Crippen LogP contribution is 2.28. The van der Waals surface area contributed by atoms with Gasteiger partial charge < -0.3 is 10.0 Å². The zero-order valence-corrected chi connectivity index (χ0v) is 15.8. The SMILES string of the molecule is O=C(c1cccc(C(F)(F)F)n1)N1CC[C@@H](N2CCc3ccccc3C2)[C@H](O)C1. The largest absolute Gasteiger partial charge is 0.433 e. The summed E-state index contributed by atoms with van der Waals surface area (Å²) in [5.41, 5.74) is 1.22. The quantitative estimate of drug-likeness (QED) is 0.835. The van der Waals surface area contributed by atoms with Crippen LogP contribution >= 0.6 is 0 Å². The lowest BCUT2D eigenvalue weighted by atomic mass is 9.94. The Balaban J connectivity index is 1.42. The lowest BCUT2D eigenvalue weighted by Crippen LogP contribution is -2.56. The number of benzene rings is 1. The fraction of sp³-hybridized carbons (Fsp3) is 0.429. The first kappa shape index (κ1) is 19.8. The van der Waals surface area contributed by atoms with Gasteiger partial charge in [-0.2, -0.15) is 13.2 Å². The third-order valence-electron chi connectivity index (χ3n) is 5.72. The molecule has 1 amide bonds. The maximum atomic E-state index is 12.9. The Hall–Kier alpha value is -2.45. The van der Waals surface area contributed by atoms with Crippen LogP contribution in [0.25, 0.3) is 0 Å². The van der Waals surface area contributed by atoms with Crippen molar-refractivity contribution in [2.45, 2.75) is 37.7 Å². The third-order valence-corrected chi connectivity index (χ3v) is 5.72. The van der Waals surface area contributed by atoms with E-state index in [0.29, 0.717) is 13.0 Å². The van der Waals surface area contributed by atoms with E-state index in [0.717, 1.165) is 25.6 Å². The Morgan fingerprint density at radius 1 is 1.07 bits per heavy atom. The number of aromatic nitrogens is 1. The van der Waals surface area contributed by atoms with Crippen molar-refractivity contribution in [3.63, 3.8) is 0 Å². The molecule has 1 saturated heterocycles. The normalized spacial score (nSPS) is 23.0. The van der Waals surface area contributed by atoms with Gasteiger partial charge in [0.25, 0.3) is 5.91 Å². The number of likely N-dealkylation sites (tertiary alicyclic amines) is 1. The molecule has 2 aromatic rings. The summed E-state index contributed by atoms with van der Waals surface area (Å²) in [6, 6.07) is 11.4. The monoisotopic (exact) mass is 405 g/mol. The molecule has 3 heterocycles. The second kappa shape index (κ2) is 7.76. The number of pyridine rings is 1. The number of alkyl halides is 3. The van der Waals surface area contributed by atoms with Gasteiger partial charge in [-0.3, -0.25) is 9.69 Å². The molecule has 0 spiro atoms. The van der Waals surface area contributed by atoms with Crippen molar-refractivity contribution in [2.24, 2.45) is 0 Å². The molecular weight excluding hydrogens is 383 g/mol. The topological polar surface area (TPSA) is 56.7 Å². The number of fused-ring (bicyclic) bond motifs is 1. The minimum Gasteiger partial charge on any atom is -0.390 e. The number of piperidine rings is 1. The van der Waals surface area contributed by atoms with E-state index in [1.165, 1.54) is 28.2 Å². The van der Waals surface area contributed by atoms with Crippen LogP contribution in [0.4, 0.5) is 13.2 Å². The second-order valence-electron chi connectivity index (χ2n) is 7.57. The lowest BCUT2D eigenvalue weighted by Gasteiger charge is -2.43. The van der Waals surface area contributed by atoms with Gasteiger partial charge in [0.1, 0.15) is 11.4 Å². The van der Waals surface area contributed by atoms with E-state index in [2.05, 4.69) is 22.0 Å². The predicted octanol–water partition coefficient (Wildman–Crippen LogP) is 2.73. The molecule has 0 bridgehead atoms. The van der Waals surface area contributed by atoms with Crippen molar-refractivity contribution in [3.8, 4) is 0 Å². The number of aliphatic hydroxyl groups is 1. The molecule has 1 N–H and O–H groups in total. The molecule has 1 fully saturated rings. The van der Waals surface area contributed by atoms with Gasteiger partial charge in [0, 0.05) is 32.2 Å². The Morgan fingerprint density at radius 2 is 1.83 bits per heavy atom. The summed E-state index contributed by atoms with van der Waals surface area (Å²) in [4.78, 5) is 19.7. The van der Waals surface area contributed by atoms with Crippen LogP contribution in [0, 0.1) is 0 Å². The zero-order valence-electron chi connectivity index (χ0n) is 15.8. The fourth-order valence-corrected chi connectivity index (χ4v) is 4.20. The number of carbonyl (C=O) groups is 1. The van der Waals surface area contributed by atoms with Crippen LogP contribution in [0.15, 0.2) is 42.5 Å². The highest BCUT2D eigenvalue weighted by Gasteiger charge is 2.37.